The quantitative estimate of drug-likeness (QED) is 0.561. The Morgan fingerprint density at radius 1 is 1.60 bits per heavy atom. The van der Waals surface area contributed by atoms with Gasteiger partial charge in [0, 0.05) is 0 Å². The molecule has 1 aromatic rings. The topological polar surface area (TPSA) is 22.1 Å². The molecule has 0 aliphatic carbocycles. The van der Waals surface area contributed by atoms with E-state index >= 15 is 0 Å². The van der Waals surface area contributed by atoms with Gasteiger partial charge in [-0.25, -0.2) is 4.98 Å². The number of hydrogen-bond donors (Lipinski definition) is 0. The van der Waals surface area contributed by atoms with E-state index in [9.17, 15) is 0 Å². The van der Waals surface area contributed by atoms with Crippen molar-refractivity contribution < 1.29 is 4.74 Å². The summed E-state index contributed by atoms with van der Waals surface area (Å²) >= 11 is 2.17. The van der Waals surface area contributed by atoms with Gasteiger partial charge in [0.2, 0.25) is 0 Å². The van der Waals surface area contributed by atoms with E-state index in [1.165, 1.54) is 0 Å². The minimum atomic E-state index is 0.848. The lowest BCUT2D eigenvalue weighted by Crippen LogP contribution is -1.89. The molecule has 0 saturated heterocycles. The summed E-state index contributed by atoms with van der Waals surface area (Å²) in [5.74, 6) is 0.848. The van der Waals surface area contributed by atoms with E-state index in [1.54, 1.807) is 13.3 Å². The van der Waals surface area contributed by atoms with Gasteiger partial charge in [-0.05, 0) is 41.1 Å². The van der Waals surface area contributed by atoms with Crippen LogP contribution in [0.4, 0.5) is 0 Å². The second-order valence-electron chi connectivity index (χ2n) is 1.98. The lowest BCUT2D eigenvalue weighted by molar-refractivity contribution is 0.409. The second kappa shape index (κ2) is 3.18. The zero-order chi connectivity index (χ0) is 7.56. The van der Waals surface area contributed by atoms with Crippen molar-refractivity contribution >= 4 is 22.6 Å². The molecule has 0 aliphatic heterocycles. The molecule has 3 heteroatoms. The largest absolute Gasteiger partial charge is 0.495 e. The second-order valence-corrected chi connectivity index (χ2v) is 3.08. The Hall–Kier alpha value is -0.320. The molecule has 1 aromatic heterocycles. The molecular weight excluding hydrogens is 241 g/mol. The first-order valence-corrected chi connectivity index (χ1v) is 3.98. The summed E-state index contributed by atoms with van der Waals surface area (Å²) in [7, 11) is 1.65. The predicted molar refractivity (Wildman–Crippen MR) is 48.2 cm³/mol. The highest BCUT2D eigenvalue weighted by Gasteiger charge is 1.96. The van der Waals surface area contributed by atoms with Gasteiger partial charge in [-0.1, -0.05) is 0 Å². The first-order chi connectivity index (χ1) is 4.74. The van der Waals surface area contributed by atoms with Crippen LogP contribution in [0.25, 0.3) is 0 Å². The summed E-state index contributed by atoms with van der Waals surface area (Å²) in [4.78, 5) is 4.07. The van der Waals surface area contributed by atoms with Crippen molar-refractivity contribution in [2.45, 2.75) is 6.92 Å². The molecule has 0 amide bonds. The number of nitrogens with zero attached hydrogens (tertiary/aromatic N) is 1. The Balaban J connectivity index is 3.07. The van der Waals surface area contributed by atoms with Crippen molar-refractivity contribution in [1.82, 2.24) is 4.98 Å². The number of methoxy groups -OCH3 is 1. The minimum Gasteiger partial charge on any atom is -0.495 e. The summed E-state index contributed by atoms with van der Waals surface area (Å²) in [5, 5.41) is 0. The van der Waals surface area contributed by atoms with Gasteiger partial charge >= 0.3 is 0 Å². The van der Waals surface area contributed by atoms with Crippen LogP contribution in [-0.2, 0) is 0 Å². The van der Waals surface area contributed by atoms with Crippen LogP contribution in [0.5, 0.6) is 5.75 Å². The van der Waals surface area contributed by atoms with E-state index in [4.69, 9.17) is 4.74 Å². The van der Waals surface area contributed by atoms with E-state index < -0.39 is 0 Å². The van der Waals surface area contributed by atoms with Gasteiger partial charge in [-0.15, -0.1) is 0 Å². The van der Waals surface area contributed by atoms with Crippen molar-refractivity contribution in [3.05, 3.63) is 21.5 Å². The number of ether oxygens (including phenoxy) is 1. The van der Waals surface area contributed by atoms with Gasteiger partial charge in [0.05, 0.1) is 13.3 Å². The van der Waals surface area contributed by atoms with E-state index in [2.05, 4.69) is 27.6 Å². The average Bonchev–Trinajstić information content (AvgIpc) is 1.88. The molecule has 0 aromatic carbocycles. The highest BCUT2D eigenvalue weighted by molar-refractivity contribution is 14.1. The molecule has 0 spiro atoms. The van der Waals surface area contributed by atoms with Gasteiger partial charge < -0.3 is 4.74 Å². The molecule has 0 unspecified atom stereocenters. The smallest absolute Gasteiger partial charge is 0.140 e. The molecule has 0 bridgehead atoms. The van der Waals surface area contributed by atoms with Crippen molar-refractivity contribution in [2.24, 2.45) is 0 Å². The molecule has 0 fully saturated rings. The molecule has 1 heterocycles. The van der Waals surface area contributed by atoms with Gasteiger partial charge in [-0.3, -0.25) is 0 Å². The van der Waals surface area contributed by atoms with Gasteiger partial charge in [0.15, 0.2) is 0 Å². The van der Waals surface area contributed by atoms with E-state index in [0.29, 0.717) is 0 Å². The summed E-state index contributed by atoms with van der Waals surface area (Å²) < 4.78 is 6.03. The van der Waals surface area contributed by atoms with E-state index in [0.717, 1.165) is 15.0 Å². The number of rotatable bonds is 1. The molecule has 54 valence electrons. The first kappa shape index (κ1) is 7.78. The Morgan fingerprint density at radius 2 is 2.30 bits per heavy atom. The number of aryl methyl sites for hydroxylation is 1. The Labute approximate surface area is 73.8 Å². The van der Waals surface area contributed by atoms with Crippen molar-refractivity contribution in [1.29, 1.82) is 0 Å². The van der Waals surface area contributed by atoms with Crippen LogP contribution in [0.3, 0.4) is 0 Å². The maximum atomic E-state index is 5.03. The van der Waals surface area contributed by atoms with Gasteiger partial charge in [-0.2, -0.15) is 0 Å². The molecule has 0 N–H and O–H groups in total. The summed E-state index contributed by atoms with van der Waals surface area (Å²) in [6.45, 7) is 2.00. The fourth-order valence-electron chi connectivity index (χ4n) is 0.723. The average molecular weight is 249 g/mol. The molecule has 1 rings (SSSR count). The Morgan fingerprint density at radius 3 is 2.80 bits per heavy atom. The molecule has 0 aliphatic rings. The number of aromatic nitrogens is 1. The normalized spacial score (nSPS) is 9.50. The standard InChI is InChI=1S/C7H8INO/c1-5-3-7(8)9-4-6(5)10-2/h3-4H,1-2H3. The number of pyridine rings is 1. The van der Waals surface area contributed by atoms with E-state index in [1.807, 2.05) is 13.0 Å². The molecular formula is C7H8INO. The molecule has 0 radical (unpaired) electrons. The highest BCUT2D eigenvalue weighted by atomic mass is 127. The zero-order valence-electron chi connectivity index (χ0n) is 5.89. The van der Waals surface area contributed by atoms with Gasteiger partial charge in [0.25, 0.3) is 0 Å². The van der Waals surface area contributed by atoms with Crippen molar-refractivity contribution in [2.75, 3.05) is 7.11 Å². The number of hydrogen-bond acceptors (Lipinski definition) is 2. The van der Waals surface area contributed by atoms with Crippen LogP contribution in [0.1, 0.15) is 5.56 Å². The minimum absolute atomic E-state index is 0.848. The van der Waals surface area contributed by atoms with Crippen molar-refractivity contribution in [3.63, 3.8) is 0 Å². The maximum absolute atomic E-state index is 5.03. The first-order valence-electron chi connectivity index (χ1n) is 2.90. The third kappa shape index (κ3) is 1.59. The molecule has 10 heavy (non-hydrogen) atoms. The Bertz CT molecular complexity index is 237. The maximum Gasteiger partial charge on any atom is 0.140 e. The third-order valence-corrected chi connectivity index (χ3v) is 1.84. The third-order valence-electron chi connectivity index (χ3n) is 1.25. The lowest BCUT2D eigenvalue weighted by atomic mass is 10.3. The fraction of sp³-hybridized carbons (Fsp3) is 0.286. The molecule has 2 nitrogen and oxygen atoms in total. The predicted octanol–water partition coefficient (Wildman–Crippen LogP) is 2.00. The van der Waals surface area contributed by atoms with Gasteiger partial charge in [0.1, 0.15) is 9.45 Å². The van der Waals surface area contributed by atoms with Crippen molar-refractivity contribution in [3.8, 4) is 5.75 Å². The van der Waals surface area contributed by atoms with Crippen LogP contribution >= 0.6 is 22.6 Å². The number of halogens is 1. The van der Waals surface area contributed by atoms with Crippen LogP contribution in [0, 0.1) is 10.6 Å². The summed E-state index contributed by atoms with van der Waals surface area (Å²) in [6.07, 6.45) is 1.73. The zero-order valence-corrected chi connectivity index (χ0v) is 8.05. The van der Waals surface area contributed by atoms with Crippen LogP contribution in [0.15, 0.2) is 12.3 Å². The summed E-state index contributed by atoms with van der Waals surface area (Å²) in [6, 6.07) is 1.99. The SMILES string of the molecule is COc1cnc(I)cc1C. The van der Waals surface area contributed by atoms with E-state index in [-0.39, 0.29) is 0 Å². The van der Waals surface area contributed by atoms with Crippen LogP contribution < -0.4 is 4.74 Å². The summed E-state index contributed by atoms with van der Waals surface area (Å²) in [5.41, 5.74) is 1.13. The van der Waals surface area contributed by atoms with Crippen LogP contribution in [0.2, 0.25) is 0 Å². The fourth-order valence-corrected chi connectivity index (χ4v) is 1.33. The van der Waals surface area contributed by atoms with Crippen LogP contribution in [-0.4, -0.2) is 12.1 Å². The Kier molecular flexibility index (Phi) is 2.48. The molecule has 0 atom stereocenters. The highest BCUT2D eigenvalue weighted by Crippen LogP contribution is 2.16. The molecule has 0 saturated carbocycles. The monoisotopic (exact) mass is 249 g/mol. The lowest BCUT2D eigenvalue weighted by Gasteiger charge is -2.01.